The zero-order valence-electron chi connectivity index (χ0n) is 12.1. The van der Waals surface area contributed by atoms with E-state index in [1.807, 2.05) is 11.7 Å². The summed E-state index contributed by atoms with van der Waals surface area (Å²) in [5, 5.41) is 5.18. The van der Waals surface area contributed by atoms with E-state index in [0.29, 0.717) is 6.42 Å². The Hall–Kier alpha value is -0.970. The lowest BCUT2D eigenvalue weighted by atomic mass is 10.0. The van der Waals surface area contributed by atoms with Crippen LogP contribution in [0.3, 0.4) is 0 Å². The Balaban J connectivity index is 2.18. The molecule has 1 unspecified atom stereocenters. The molecule has 1 atom stereocenters. The third-order valence-corrected chi connectivity index (χ3v) is 4.64. The van der Waals surface area contributed by atoms with Crippen LogP contribution in [-0.4, -0.2) is 16.0 Å². The van der Waals surface area contributed by atoms with Crippen LogP contribution in [-0.2, 0) is 19.9 Å². The largest absolute Gasteiger partial charge is 0.324 e. The van der Waals surface area contributed by atoms with Gasteiger partial charge in [0.15, 0.2) is 0 Å². The summed E-state index contributed by atoms with van der Waals surface area (Å²) in [6.45, 7) is 2.05. The normalized spacial score (nSPS) is 12.7. The van der Waals surface area contributed by atoms with Gasteiger partial charge in [-0.25, -0.2) is 0 Å². The van der Waals surface area contributed by atoms with Crippen molar-refractivity contribution in [2.45, 2.75) is 30.7 Å². The monoisotopic (exact) mass is 309 g/mol. The lowest BCUT2D eigenvalue weighted by Gasteiger charge is -2.13. The van der Waals surface area contributed by atoms with Gasteiger partial charge in [-0.05, 0) is 30.4 Å². The molecule has 1 heterocycles. The fraction of sp³-hybridized carbons (Fsp3) is 0.400. The van der Waals surface area contributed by atoms with Crippen LogP contribution in [0, 0.1) is 0 Å². The fourth-order valence-corrected chi connectivity index (χ4v) is 3.00. The minimum absolute atomic E-state index is 0.0662. The SMILES string of the molecule is CCc1nn(C)c(CC(N)c2ccc(SC)cc2)c1Cl. The van der Waals surface area contributed by atoms with Crippen LogP contribution in [0.15, 0.2) is 29.2 Å². The number of benzene rings is 1. The van der Waals surface area contributed by atoms with E-state index in [0.717, 1.165) is 28.4 Å². The van der Waals surface area contributed by atoms with E-state index in [2.05, 4.69) is 42.5 Å². The lowest BCUT2D eigenvalue weighted by Crippen LogP contribution is -2.15. The van der Waals surface area contributed by atoms with Crippen molar-refractivity contribution in [1.82, 2.24) is 9.78 Å². The molecule has 0 saturated carbocycles. The number of nitrogens with zero attached hydrogens (tertiary/aromatic N) is 2. The molecule has 0 spiro atoms. The second-order valence-electron chi connectivity index (χ2n) is 4.77. The highest BCUT2D eigenvalue weighted by Gasteiger charge is 2.16. The Morgan fingerprint density at radius 1 is 1.35 bits per heavy atom. The number of thioether (sulfide) groups is 1. The number of aryl methyl sites for hydroxylation is 2. The summed E-state index contributed by atoms with van der Waals surface area (Å²) in [5.74, 6) is 0. The van der Waals surface area contributed by atoms with Crippen molar-refractivity contribution in [2.75, 3.05) is 6.26 Å². The number of hydrogen-bond donors (Lipinski definition) is 1. The minimum atomic E-state index is -0.0662. The second kappa shape index (κ2) is 6.66. The van der Waals surface area contributed by atoms with Gasteiger partial charge in [0.25, 0.3) is 0 Å². The highest BCUT2D eigenvalue weighted by Crippen LogP contribution is 2.26. The Labute approximate surface area is 129 Å². The maximum atomic E-state index is 6.37. The maximum Gasteiger partial charge on any atom is 0.0850 e. The molecular weight excluding hydrogens is 290 g/mol. The molecule has 3 nitrogen and oxygen atoms in total. The van der Waals surface area contributed by atoms with Crippen molar-refractivity contribution in [2.24, 2.45) is 12.8 Å². The molecule has 0 fully saturated rings. The molecule has 2 N–H and O–H groups in total. The van der Waals surface area contributed by atoms with Crippen molar-refractivity contribution >= 4 is 23.4 Å². The van der Waals surface area contributed by atoms with Gasteiger partial charge in [0.05, 0.1) is 16.4 Å². The molecule has 0 aliphatic rings. The summed E-state index contributed by atoms with van der Waals surface area (Å²) in [6.07, 6.45) is 3.60. The zero-order chi connectivity index (χ0) is 14.7. The first-order valence-electron chi connectivity index (χ1n) is 6.66. The van der Waals surface area contributed by atoms with Crippen LogP contribution < -0.4 is 5.73 Å². The number of nitrogens with two attached hydrogens (primary N) is 1. The first kappa shape index (κ1) is 15.4. The van der Waals surface area contributed by atoms with E-state index in [1.54, 1.807) is 11.8 Å². The topological polar surface area (TPSA) is 43.8 Å². The third kappa shape index (κ3) is 3.19. The lowest BCUT2D eigenvalue weighted by molar-refractivity contribution is 0.638. The Morgan fingerprint density at radius 3 is 2.50 bits per heavy atom. The number of aromatic nitrogens is 2. The summed E-state index contributed by atoms with van der Waals surface area (Å²) < 4.78 is 1.84. The van der Waals surface area contributed by atoms with Gasteiger partial charge in [0.1, 0.15) is 0 Å². The van der Waals surface area contributed by atoms with Crippen LogP contribution in [0.2, 0.25) is 5.02 Å². The molecule has 20 heavy (non-hydrogen) atoms. The molecule has 0 bridgehead atoms. The Kier molecular flexibility index (Phi) is 5.13. The second-order valence-corrected chi connectivity index (χ2v) is 6.03. The van der Waals surface area contributed by atoms with E-state index in [9.17, 15) is 0 Å². The molecule has 108 valence electrons. The van der Waals surface area contributed by atoms with Gasteiger partial charge in [-0.15, -0.1) is 11.8 Å². The van der Waals surface area contributed by atoms with Crippen molar-refractivity contribution in [1.29, 1.82) is 0 Å². The molecule has 0 aliphatic heterocycles. The van der Waals surface area contributed by atoms with Gasteiger partial charge < -0.3 is 5.73 Å². The molecule has 2 rings (SSSR count). The van der Waals surface area contributed by atoms with Gasteiger partial charge in [-0.1, -0.05) is 30.7 Å². The molecule has 1 aromatic carbocycles. The van der Waals surface area contributed by atoms with E-state index in [1.165, 1.54) is 4.90 Å². The molecule has 0 radical (unpaired) electrons. The summed E-state index contributed by atoms with van der Waals surface area (Å²) in [6, 6.07) is 8.30. The van der Waals surface area contributed by atoms with Crippen molar-refractivity contribution in [3.63, 3.8) is 0 Å². The van der Waals surface area contributed by atoms with Crippen LogP contribution in [0.1, 0.15) is 29.9 Å². The van der Waals surface area contributed by atoms with Crippen LogP contribution >= 0.6 is 23.4 Å². The Bertz CT molecular complexity index is 578. The zero-order valence-corrected chi connectivity index (χ0v) is 13.6. The van der Waals surface area contributed by atoms with Gasteiger partial charge >= 0.3 is 0 Å². The molecule has 0 aliphatic carbocycles. The molecule has 1 aromatic heterocycles. The van der Waals surface area contributed by atoms with E-state index in [4.69, 9.17) is 17.3 Å². The molecule has 0 saturated heterocycles. The van der Waals surface area contributed by atoms with Gasteiger partial charge in [0.2, 0.25) is 0 Å². The number of hydrogen-bond acceptors (Lipinski definition) is 3. The standard InChI is InChI=1S/C15H20ClN3S/c1-4-13-15(16)14(19(2)18-13)9-12(17)10-5-7-11(20-3)8-6-10/h5-8,12H,4,9,17H2,1-3H3. The van der Waals surface area contributed by atoms with Gasteiger partial charge in [-0.3, -0.25) is 4.68 Å². The maximum absolute atomic E-state index is 6.37. The van der Waals surface area contributed by atoms with Crippen LogP contribution in [0.4, 0.5) is 0 Å². The third-order valence-electron chi connectivity index (χ3n) is 3.46. The van der Waals surface area contributed by atoms with Crippen molar-refractivity contribution in [3.05, 3.63) is 46.2 Å². The van der Waals surface area contributed by atoms with Crippen molar-refractivity contribution in [3.8, 4) is 0 Å². The van der Waals surface area contributed by atoms with Gasteiger partial charge in [0, 0.05) is 24.4 Å². The summed E-state index contributed by atoms with van der Waals surface area (Å²) >= 11 is 8.10. The first-order chi connectivity index (χ1) is 9.56. The average Bonchev–Trinajstić information content (AvgIpc) is 2.74. The quantitative estimate of drug-likeness (QED) is 0.858. The smallest absolute Gasteiger partial charge is 0.0850 e. The average molecular weight is 310 g/mol. The Morgan fingerprint density at radius 2 is 2.00 bits per heavy atom. The summed E-state index contributed by atoms with van der Waals surface area (Å²) in [7, 11) is 1.92. The fourth-order valence-electron chi connectivity index (χ4n) is 2.22. The summed E-state index contributed by atoms with van der Waals surface area (Å²) in [4.78, 5) is 1.24. The molecule has 0 amide bonds. The van der Waals surface area contributed by atoms with E-state index in [-0.39, 0.29) is 6.04 Å². The van der Waals surface area contributed by atoms with E-state index >= 15 is 0 Å². The number of rotatable bonds is 5. The molecule has 5 heteroatoms. The highest BCUT2D eigenvalue weighted by molar-refractivity contribution is 7.98. The van der Waals surface area contributed by atoms with Crippen molar-refractivity contribution < 1.29 is 0 Å². The van der Waals surface area contributed by atoms with E-state index < -0.39 is 0 Å². The van der Waals surface area contributed by atoms with Gasteiger partial charge in [-0.2, -0.15) is 5.10 Å². The van der Waals surface area contributed by atoms with Crippen LogP contribution in [0.25, 0.3) is 0 Å². The van der Waals surface area contributed by atoms with Crippen LogP contribution in [0.5, 0.6) is 0 Å². The number of halogens is 1. The summed E-state index contributed by atoms with van der Waals surface area (Å²) in [5.41, 5.74) is 9.37. The predicted octanol–water partition coefficient (Wildman–Crippen LogP) is 3.60. The highest BCUT2D eigenvalue weighted by atomic mass is 35.5. The minimum Gasteiger partial charge on any atom is -0.324 e. The molecule has 2 aromatic rings. The predicted molar refractivity (Wildman–Crippen MR) is 86.5 cm³/mol. The molecular formula is C15H20ClN3S. The first-order valence-corrected chi connectivity index (χ1v) is 8.26.